The predicted molar refractivity (Wildman–Crippen MR) is 67.0 cm³/mol. The smallest absolute Gasteiger partial charge is 0.270 e. The summed E-state index contributed by atoms with van der Waals surface area (Å²) in [6, 6.07) is 5.40. The first-order valence-corrected chi connectivity index (χ1v) is 6.14. The lowest BCUT2D eigenvalue weighted by atomic mass is 10.0. The van der Waals surface area contributed by atoms with Crippen LogP contribution in [0.1, 0.15) is 30.3 Å². The van der Waals surface area contributed by atoms with Crippen molar-refractivity contribution in [2.45, 2.75) is 25.8 Å². The van der Waals surface area contributed by atoms with Gasteiger partial charge in [0.2, 0.25) is 5.91 Å². The molecular weight excluding hydrogens is 230 g/mol. The van der Waals surface area contributed by atoms with E-state index in [4.69, 9.17) is 0 Å². The maximum absolute atomic E-state index is 11.9. The fraction of sp³-hybridized carbons (Fsp3) is 0.462. The second-order valence-corrected chi connectivity index (χ2v) is 4.47. The van der Waals surface area contributed by atoms with Crippen LogP contribution in [-0.4, -0.2) is 40.8 Å². The maximum atomic E-state index is 11.9. The highest BCUT2D eigenvalue weighted by Crippen LogP contribution is 2.10. The van der Waals surface area contributed by atoms with Gasteiger partial charge >= 0.3 is 0 Å². The molecule has 0 saturated carbocycles. The van der Waals surface area contributed by atoms with Gasteiger partial charge < -0.3 is 10.2 Å². The fourth-order valence-electron chi connectivity index (χ4n) is 2.10. The highest BCUT2D eigenvalue weighted by atomic mass is 16.2. The number of hydrogen-bond acceptors (Lipinski definition) is 3. The van der Waals surface area contributed by atoms with Crippen molar-refractivity contribution in [3.63, 3.8) is 0 Å². The van der Waals surface area contributed by atoms with Gasteiger partial charge in [0.05, 0.1) is 0 Å². The molecule has 5 nitrogen and oxygen atoms in total. The van der Waals surface area contributed by atoms with Gasteiger partial charge in [-0.25, -0.2) is 0 Å². The Hall–Kier alpha value is -1.91. The SMILES string of the molecule is CC(=O)N1CCC(NC(=O)c2ccccn2)CC1. The van der Waals surface area contributed by atoms with E-state index in [-0.39, 0.29) is 17.9 Å². The quantitative estimate of drug-likeness (QED) is 0.841. The molecule has 18 heavy (non-hydrogen) atoms. The lowest BCUT2D eigenvalue weighted by molar-refractivity contribution is -0.129. The van der Waals surface area contributed by atoms with E-state index in [1.54, 1.807) is 31.3 Å². The Morgan fingerprint density at radius 2 is 2.06 bits per heavy atom. The van der Waals surface area contributed by atoms with Crippen LogP contribution in [0.15, 0.2) is 24.4 Å². The summed E-state index contributed by atoms with van der Waals surface area (Å²) < 4.78 is 0. The molecule has 1 aliphatic rings. The summed E-state index contributed by atoms with van der Waals surface area (Å²) in [7, 11) is 0. The van der Waals surface area contributed by atoms with Crippen LogP contribution in [0.3, 0.4) is 0 Å². The van der Waals surface area contributed by atoms with E-state index >= 15 is 0 Å². The molecule has 1 aliphatic heterocycles. The lowest BCUT2D eigenvalue weighted by Gasteiger charge is -2.31. The van der Waals surface area contributed by atoms with Crippen molar-refractivity contribution >= 4 is 11.8 Å². The van der Waals surface area contributed by atoms with Gasteiger partial charge in [0, 0.05) is 32.3 Å². The summed E-state index contributed by atoms with van der Waals surface area (Å²) in [5, 5.41) is 2.96. The van der Waals surface area contributed by atoms with Crippen molar-refractivity contribution in [1.82, 2.24) is 15.2 Å². The van der Waals surface area contributed by atoms with Crippen molar-refractivity contribution in [3.8, 4) is 0 Å². The standard InChI is InChI=1S/C13H17N3O2/c1-10(17)16-8-5-11(6-9-16)15-13(18)12-4-2-3-7-14-12/h2-4,7,11H,5-6,8-9H2,1H3,(H,15,18). The minimum atomic E-state index is -0.142. The fourth-order valence-corrected chi connectivity index (χ4v) is 2.10. The van der Waals surface area contributed by atoms with Gasteiger partial charge in [-0.2, -0.15) is 0 Å². The van der Waals surface area contributed by atoms with E-state index in [0.29, 0.717) is 18.8 Å². The molecule has 1 fully saturated rings. The lowest BCUT2D eigenvalue weighted by Crippen LogP contribution is -2.46. The van der Waals surface area contributed by atoms with Gasteiger partial charge in [-0.15, -0.1) is 0 Å². The van der Waals surface area contributed by atoms with E-state index < -0.39 is 0 Å². The number of amides is 2. The molecule has 2 rings (SSSR count). The van der Waals surface area contributed by atoms with E-state index in [1.165, 1.54) is 0 Å². The summed E-state index contributed by atoms with van der Waals surface area (Å²) in [5.74, 6) is -0.0404. The molecule has 0 aliphatic carbocycles. The highest BCUT2D eigenvalue weighted by molar-refractivity contribution is 5.92. The van der Waals surface area contributed by atoms with E-state index in [2.05, 4.69) is 10.3 Å². The molecular formula is C13H17N3O2. The zero-order valence-corrected chi connectivity index (χ0v) is 10.4. The van der Waals surface area contributed by atoms with Crippen LogP contribution in [0, 0.1) is 0 Å². The summed E-state index contributed by atoms with van der Waals surface area (Å²) in [6.07, 6.45) is 3.21. The summed E-state index contributed by atoms with van der Waals surface area (Å²) in [4.78, 5) is 28.9. The largest absolute Gasteiger partial charge is 0.348 e. The molecule has 0 bridgehead atoms. The Balaban J connectivity index is 1.85. The highest BCUT2D eigenvalue weighted by Gasteiger charge is 2.22. The molecule has 0 aromatic carbocycles. The molecule has 1 aromatic heterocycles. The van der Waals surface area contributed by atoms with Crippen molar-refractivity contribution in [2.24, 2.45) is 0 Å². The predicted octanol–water partition coefficient (Wildman–Crippen LogP) is 0.822. The van der Waals surface area contributed by atoms with Gasteiger partial charge in [-0.1, -0.05) is 6.07 Å². The number of pyridine rings is 1. The molecule has 1 aromatic rings. The number of carbonyl (C=O) groups is 2. The number of hydrogen-bond donors (Lipinski definition) is 1. The van der Waals surface area contributed by atoms with Crippen LogP contribution >= 0.6 is 0 Å². The van der Waals surface area contributed by atoms with Crippen LogP contribution in [0.5, 0.6) is 0 Å². The third-order valence-corrected chi connectivity index (χ3v) is 3.17. The first kappa shape index (κ1) is 12.5. The van der Waals surface area contributed by atoms with Crippen molar-refractivity contribution in [2.75, 3.05) is 13.1 Å². The Labute approximate surface area is 106 Å². The number of piperidine rings is 1. The normalized spacial score (nSPS) is 16.4. The van der Waals surface area contributed by atoms with Crippen LogP contribution in [0.25, 0.3) is 0 Å². The molecule has 5 heteroatoms. The Morgan fingerprint density at radius 3 is 2.61 bits per heavy atom. The van der Waals surface area contributed by atoms with E-state index in [1.807, 2.05) is 4.90 Å². The summed E-state index contributed by atoms with van der Waals surface area (Å²) in [6.45, 7) is 3.00. The molecule has 1 N–H and O–H groups in total. The zero-order valence-electron chi connectivity index (χ0n) is 10.4. The van der Waals surface area contributed by atoms with Gasteiger partial charge in [0.15, 0.2) is 0 Å². The van der Waals surface area contributed by atoms with Gasteiger partial charge in [-0.05, 0) is 25.0 Å². The second-order valence-electron chi connectivity index (χ2n) is 4.47. The molecule has 0 spiro atoms. The van der Waals surface area contributed by atoms with E-state index in [9.17, 15) is 9.59 Å². The van der Waals surface area contributed by atoms with Crippen LogP contribution in [0.2, 0.25) is 0 Å². The number of likely N-dealkylation sites (tertiary alicyclic amines) is 1. The second kappa shape index (κ2) is 5.62. The number of nitrogens with zero attached hydrogens (tertiary/aromatic N) is 2. The van der Waals surface area contributed by atoms with Gasteiger partial charge in [0.25, 0.3) is 5.91 Å². The monoisotopic (exact) mass is 247 g/mol. The first-order valence-electron chi connectivity index (χ1n) is 6.14. The number of carbonyl (C=O) groups excluding carboxylic acids is 2. The molecule has 0 atom stereocenters. The topological polar surface area (TPSA) is 62.3 Å². The zero-order chi connectivity index (χ0) is 13.0. The maximum Gasteiger partial charge on any atom is 0.270 e. The minimum Gasteiger partial charge on any atom is -0.348 e. The average molecular weight is 247 g/mol. The Morgan fingerprint density at radius 1 is 1.33 bits per heavy atom. The van der Waals surface area contributed by atoms with Crippen LogP contribution < -0.4 is 5.32 Å². The van der Waals surface area contributed by atoms with Crippen molar-refractivity contribution in [3.05, 3.63) is 30.1 Å². The molecule has 1 saturated heterocycles. The third-order valence-electron chi connectivity index (χ3n) is 3.17. The average Bonchev–Trinajstić information content (AvgIpc) is 2.40. The first-order chi connectivity index (χ1) is 8.66. The summed E-state index contributed by atoms with van der Waals surface area (Å²) >= 11 is 0. The third kappa shape index (κ3) is 3.06. The molecule has 2 heterocycles. The number of rotatable bonds is 2. The molecule has 0 radical (unpaired) electrons. The van der Waals surface area contributed by atoms with E-state index in [0.717, 1.165) is 12.8 Å². The molecule has 0 unspecified atom stereocenters. The number of aromatic nitrogens is 1. The number of nitrogens with one attached hydrogen (secondary N) is 1. The van der Waals surface area contributed by atoms with Crippen LogP contribution in [0.4, 0.5) is 0 Å². The molecule has 2 amide bonds. The summed E-state index contributed by atoms with van der Waals surface area (Å²) in [5.41, 5.74) is 0.437. The van der Waals surface area contributed by atoms with Gasteiger partial charge in [-0.3, -0.25) is 14.6 Å². The molecule has 96 valence electrons. The Kier molecular flexibility index (Phi) is 3.92. The van der Waals surface area contributed by atoms with Crippen molar-refractivity contribution < 1.29 is 9.59 Å². The minimum absolute atomic E-state index is 0.101. The van der Waals surface area contributed by atoms with Crippen LogP contribution in [-0.2, 0) is 4.79 Å². The Bertz CT molecular complexity index is 425. The van der Waals surface area contributed by atoms with Gasteiger partial charge in [0.1, 0.15) is 5.69 Å². The van der Waals surface area contributed by atoms with Crippen molar-refractivity contribution in [1.29, 1.82) is 0 Å².